The minimum atomic E-state index is -1.03. The molecule has 1 aromatic rings. The number of aryl methyl sites for hydroxylation is 1. The van der Waals surface area contributed by atoms with Crippen LogP contribution in [0, 0.1) is 6.92 Å². The molecule has 1 atom stereocenters. The summed E-state index contributed by atoms with van der Waals surface area (Å²) in [5.41, 5.74) is 5.81. The van der Waals surface area contributed by atoms with Gasteiger partial charge in [-0.25, -0.2) is 9.97 Å². The van der Waals surface area contributed by atoms with E-state index in [0.717, 1.165) is 0 Å². The Labute approximate surface area is 70.2 Å². The Bertz CT molecular complexity index is 257. The predicted octanol–water partition coefficient (Wildman–Crippen LogP) is 0.00452. The Balaban J connectivity index is 3.00. The first kappa shape index (κ1) is 8.89. The average molecular weight is 169 g/mol. The maximum absolute atomic E-state index is 9.21. The molecule has 1 aromatic heterocycles. The lowest BCUT2D eigenvalue weighted by atomic mass is 10.3. The number of hydrogen-bond donors (Lipinski definition) is 2. The molecule has 5 heteroatoms. The van der Waals surface area contributed by atoms with Gasteiger partial charge in [0, 0.05) is 13.2 Å². The van der Waals surface area contributed by atoms with Crippen LogP contribution in [0.3, 0.4) is 0 Å². The van der Waals surface area contributed by atoms with Crippen molar-refractivity contribution in [2.75, 3.05) is 12.8 Å². The maximum Gasteiger partial charge on any atom is 0.198 e. The summed E-state index contributed by atoms with van der Waals surface area (Å²) >= 11 is 0. The Morgan fingerprint density at radius 3 is 2.75 bits per heavy atom. The second-order valence-electron chi connectivity index (χ2n) is 2.35. The molecule has 1 heterocycles. The summed E-state index contributed by atoms with van der Waals surface area (Å²) in [6, 6.07) is 1.47. The van der Waals surface area contributed by atoms with Gasteiger partial charge in [-0.05, 0) is 6.92 Å². The smallest absolute Gasteiger partial charge is 0.198 e. The lowest BCUT2D eigenvalue weighted by Gasteiger charge is -2.08. The highest BCUT2D eigenvalue weighted by molar-refractivity contribution is 5.29. The van der Waals surface area contributed by atoms with Crippen molar-refractivity contribution in [3.63, 3.8) is 0 Å². The number of ether oxygens (including phenoxy) is 1. The van der Waals surface area contributed by atoms with Gasteiger partial charge in [0.2, 0.25) is 0 Å². The van der Waals surface area contributed by atoms with Gasteiger partial charge in [0.15, 0.2) is 6.29 Å². The summed E-state index contributed by atoms with van der Waals surface area (Å²) in [5, 5.41) is 9.21. The number of aromatic nitrogens is 2. The monoisotopic (exact) mass is 169 g/mol. The highest BCUT2D eigenvalue weighted by Gasteiger charge is 2.08. The number of nitrogens with two attached hydrogens (primary N) is 1. The predicted molar refractivity (Wildman–Crippen MR) is 43.2 cm³/mol. The summed E-state index contributed by atoms with van der Waals surface area (Å²) < 4.78 is 4.66. The van der Waals surface area contributed by atoms with Crippen LogP contribution in [0.1, 0.15) is 17.8 Å². The summed E-state index contributed by atoms with van der Waals surface area (Å²) in [6.45, 7) is 1.70. The van der Waals surface area contributed by atoms with Crippen molar-refractivity contribution >= 4 is 5.82 Å². The molecule has 0 radical (unpaired) electrons. The first-order valence-corrected chi connectivity index (χ1v) is 3.45. The van der Waals surface area contributed by atoms with E-state index in [1.807, 2.05) is 0 Å². The normalized spacial score (nSPS) is 12.9. The number of methoxy groups -OCH3 is 1. The van der Waals surface area contributed by atoms with Gasteiger partial charge < -0.3 is 15.6 Å². The summed E-state index contributed by atoms with van der Waals surface area (Å²) in [4.78, 5) is 7.79. The Hall–Kier alpha value is -1.20. The van der Waals surface area contributed by atoms with Crippen molar-refractivity contribution in [2.24, 2.45) is 0 Å². The van der Waals surface area contributed by atoms with Gasteiger partial charge >= 0.3 is 0 Å². The molecule has 5 nitrogen and oxygen atoms in total. The van der Waals surface area contributed by atoms with Crippen LogP contribution in [0.25, 0.3) is 0 Å². The molecule has 0 amide bonds. The molecule has 0 aliphatic rings. The van der Waals surface area contributed by atoms with Gasteiger partial charge in [-0.1, -0.05) is 0 Å². The SMILES string of the molecule is COC(O)c1cc(N)nc(C)n1. The molecule has 1 unspecified atom stereocenters. The zero-order valence-electron chi connectivity index (χ0n) is 6.98. The fourth-order valence-corrected chi connectivity index (χ4v) is 0.862. The molecule has 0 fully saturated rings. The van der Waals surface area contributed by atoms with Crippen LogP contribution in [-0.4, -0.2) is 22.2 Å². The number of nitrogen functional groups attached to an aromatic ring is 1. The van der Waals surface area contributed by atoms with Crippen molar-refractivity contribution in [1.29, 1.82) is 0 Å². The van der Waals surface area contributed by atoms with E-state index in [9.17, 15) is 5.11 Å². The molecular formula is C7H11N3O2. The third-order valence-corrected chi connectivity index (χ3v) is 1.35. The van der Waals surface area contributed by atoms with Gasteiger partial charge in [-0.3, -0.25) is 0 Å². The molecule has 66 valence electrons. The van der Waals surface area contributed by atoms with E-state index in [1.165, 1.54) is 13.2 Å². The van der Waals surface area contributed by atoms with E-state index in [2.05, 4.69) is 14.7 Å². The standard InChI is InChI=1S/C7H11N3O2/c1-4-9-5(7(11)12-2)3-6(8)10-4/h3,7,11H,1-2H3,(H2,8,9,10). The number of anilines is 1. The first-order valence-electron chi connectivity index (χ1n) is 3.45. The molecule has 0 saturated carbocycles. The molecule has 0 aliphatic carbocycles. The first-order chi connectivity index (χ1) is 5.63. The molecule has 0 saturated heterocycles. The number of aliphatic hydroxyl groups excluding tert-OH is 1. The maximum atomic E-state index is 9.21. The largest absolute Gasteiger partial charge is 0.384 e. The lowest BCUT2D eigenvalue weighted by Crippen LogP contribution is -2.06. The van der Waals surface area contributed by atoms with Gasteiger partial charge in [-0.15, -0.1) is 0 Å². The highest BCUT2D eigenvalue weighted by atomic mass is 16.6. The number of hydrogen-bond acceptors (Lipinski definition) is 5. The van der Waals surface area contributed by atoms with Gasteiger partial charge in [0.25, 0.3) is 0 Å². The second kappa shape index (κ2) is 3.46. The van der Waals surface area contributed by atoms with E-state index in [1.54, 1.807) is 6.92 Å². The Morgan fingerprint density at radius 1 is 1.58 bits per heavy atom. The van der Waals surface area contributed by atoms with Crippen molar-refractivity contribution in [2.45, 2.75) is 13.2 Å². The zero-order chi connectivity index (χ0) is 9.14. The van der Waals surface area contributed by atoms with Crippen LogP contribution < -0.4 is 5.73 Å². The van der Waals surface area contributed by atoms with Crippen LogP contribution in [0.2, 0.25) is 0 Å². The third kappa shape index (κ3) is 1.90. The quantitative estimate of drug-likeness (QED) is 0.609. The summed E-state index contributed by atoms with van der Waals surface area (Å²) in [6.07, 6.45) is -1.03. The molecule has 0 aromatic carbocycles. The van der Waals surface area contributed by atoms with Crippen LogP contribution in [0.15, 0.2) is 6.07 Å². The molecule has 0 bridgehead atoms. The third-order valence-electron chi connectivity index (χ3n) is 1.35. The number of aliphatic hydroxyl groups is 1. The summed E-state index contributed by atoms with van der Waals surface area (Å²) in [7, 11) is 1.39. The molecule has 3 N–H and O–H groups in total. The number of rotatable bonds is 2. The van der Waals surface area contributed by atoms with Crippen LogP contribution in [-0.2, 0) is 4.74 Å². The zero-order valence-corrected chi connectivity index (χ0v) is 6.98. The van der Waals surface area contributed by atoms with E-state index in [-0.39, 0.29) is 0 Å². The second-order valence-corrected chi connectivity index (χ2v) is 2.35. The van der Waals surface area contributed by atoms with Crippen LogP contribution in [0.4, 0.5) is 5.82 Å². The minimum absolute atomic E-state index is 0.327. The van der Waals surface area contributed by atoms with E-state index >= 15 is 0 Å². The Kier molecular flexibility index (Phi) is 2.57. The van der Waals surface area contributed by atoms with Crippen molar-refractivity contribution < 1.29 is 9.84 Å². The molecule has 1 rings (SSSR count). The van der Waals surface area contributed by atoms with Crippen LogP contribution in [0.5, 0.6) is 0 Å². The Morgan fingerprint density at radius 2 is 2.25 bits per heavy atom. The van der Waals surface area contributed by atoms with E-state index in [0.29, 0.717) is 17.3 Å². The molecular weight excluding hydrogens is 158 g/mol. The minimum Gasteiger partial charge on any atom is -0.384 e. The molecule has 0 aliphatic heterocycles. The molecule has 0 spiro atoms. The summed E-state index contributed by atoms with van der Waals surface area (Å²) in [5.74, 6) is 0.842. The van der Waals surface area contributed by atoms with Gasteiger partial charge in [0.05, 0.1) is 0 Å². The highest BCUT2D eigenvalue weighted by Crippen LogP contribution is 2.12. The van der Waals surface area contributed by atoms with Crippen molar-refractivity contribution in [3.05, 3.63) is 17.6 Å². The van der Waals surface area contributed by atoms with E-state index < -0.39 is 6.29 Å². The van der Waals surface area contributed by atoms with Gasteiger partial charge in [-0.2, -0.15) is 0 Å². The topological polar surface area (TPSA) is 81.3 Å². The van der Waals surface area contributed by atoms with Gasteiger partial charge in [0.1, 0.15) is 17.3 Å². The van der Waals surface area contributed by atoms with Crippen molar-refractivity contribution in [3.8, 4) is 0 Å². The molecule has 12 heavy (non-hydrogen) atoms. The van der Waals surface area contributed by atoms with Crippen molar-refractivity contribution in [1.82, 2.24) is 9.97 Å². The average Bonchev–Trinajstić information content (AvgIpc) is 2.01. The van der Waals surface area contributed by atoms with Crippen LogP contribution >= 0.6 is 0 Å². The fourth-order valence-electron chi connectivity index (χ4n) is 0.862. The fraction of sp³-hybridized carbons (Fsp3) is 0.429. The number of nitrogens with zero attached hydrogens (tertiary/aromatic N) is 2. The van der Waals surface area contributed by atoms with E-state index in [4.69, 9.17) is 5.73 Å². The lowest BCUT2D eigenvalue weighted by molar-refractivity contribution is -0.0800.